The smallest absolute Gasteiger partial charge is 0.214 e. The minimum Gasteiger partial charge on any atom is -0.356 e. The van der Waals surface area contributed by atoms with Crippen LogP contribution in [0, 0.1) is 6.92 Å². The highest BCUT2D eigenvalue weighted by atomic mass is 32.1. The highest BCUT2D eigenvalue weighted by Gasteiger charge is 2.09. The van der Waals surface area contributed by atoms with Gasteiger partial charge in [0.2, 0.25) is 10.1 Å². The van der Waals surface area contributed by atoms with Crippen molar-refractivity contribution in [2.24, 2.45) is 0 Å². The number of hydrogen-bond acceptors (Lipinski definition) is 5. The Hall–Kier alpha value is -2.73. The highest BCUT2D eigenvalue weighted by Crippen LogP contribution is 2.24. The molecule has 5 nitrogen and oxygen atoms in total. The van der Waals surface area contributed by atoms with Crippen LogP contribution < -0.4 is 5.32 Å². The number of imidazole rings is 1. The molecule has 0 atom stereocenters. The first-order chi connectivity index (χ1) is 11.3. The summed E-state index contributed by atoms with van der Waals surface area (Å²) in [6.45, 7) is 2.88. The van der Waals surface area contributed by atoms with Crippen molar-refractivity contribution >= 4 is 21.4 Å². The van der Waals surface area contributed by atoms with Gasteiger partial charge < -0.3 is 5.32 Å². The molecule has 0 saturated carbocycles. The summed E-state index contributed by atoms with van der Waals surface area (Å²) in [6, 6.07) is 12.3. The topological polar surface area (TPSA) is 55.1 Å². The fraction of sp³-hybridized carbons (Fsp3) is 0.118. The summed E-state index contributed by atoms with van der Waals surface area (Å²) in [5.41, 5.74) is 4.44. The molecule has 0 spiro atoms. The molecule has 0 aliphatic heterocycles. The van der Waals surface area contributed by atoms with Crippen LogP contribution in [-0.4, -0.2) is 19.6 Å². The Morgan fingerprint density at radius 2 is 2.09 bits per heavy atom. The van der Waals surface area contributed by atoms with Crippen molar-refractivity contribution in [3.8, 4) is 11.3 Å². The quantitative estimate of drug-likeness (QED) is 0.621. The fourth-order valence-corrected chi connectivity index (χ4v) is 3.18. The zero-order valence-corrected chi connectivity index (χ0v) is 13.4. The summed E-state index contributed by atoms with van der Waals surface area (Å²) in [5.74, 6) is 0. The van der Waals surface area contributed by atoms with Crippen molar-refractivity contribution in [1.82, 2.24) is 19.6 Å². The van der Waals surface area contributed by atoms with Crippen molar-refractivity contribution in [2.45, 2.75) is 13.5 Å². The van der Waals surface area contributed by atoms with Crippen LogP contribution in [0.5, 0.6) is 0 Å². The van der Waals surface area contributed by atoms with E-state index in [-0.39, 0.29) is 0 Å². The number of fused-ring (bicyclic) bond motifs is 1. The van der Waals surface area contributed by atoms with Crippen molar-refractivity contribution in [3.05, 3.63) is 66.1 Å². The van der Waals surface area contributed by atoms with Crippen LogP contribution in [0.25, 0.3) is 16.2 Å². The molecule has 1 aromatic carbocycles. The van der Waals surface area contributed by atoms with E-state index in [1.807, 2.05) is 29.0 Å². The van der Waals surface area contributed by atoms with Crippen molar-refractivity contribution in [3.63, 3.8) is 0 Å². The fourth-order valence-electron chi connectivity index (χ4n) is 2.40. The van der Waals surface area contributed by atoms with E-state index >= 15 is 0 Å². The number of aryl methyl sites for hydroxylation is 1. The number of aromatic nitrogens is 4. The normalized spacial score (nSPS) is 11.0. The van der Waals surface area contributed by atoms with E-state index in [9.17, 15) is 0 Å². The lowest BCUT2D eigenvalue weighted by Gasteiger charge is -2.05. The number of anilines is 1. The predicted molar refractivity (Wildman–Crippen MR) is 92.6 cm³/mol. The van der Waals surface area contributed by atoms with Crippen molar-refractivity contribution in [1.29, 1.82) is 0 Å². The number of pyridine rings is 1. The highest BCUT2D eigenvalue weighted by molar-refractivity contribution is 7.20. The average molecular weight is 321 g/mol. The molecule has 0 fully saturated rings. The zero-order chi connectivity index (χ0) is 15.6. The summed E-state index contributed by atoms with van der Waals surface area (Å²) in [6.07, 6.45) is 5.50. The molecule has 114 valence electrons. The van der Waals surface area contributed by atoms with Gasteiger partial charge in [-0.3, -0.25) is 4.98 Å². The number of benzene rings is 1. The Morgan fingerprint density at radius 1 is 1.17 bits per heavy atom. The van der Waals surface area contributed by atoms with Crippen LogP contribution >= 0.6 is 11.3 Å². The molecular weight excluding hydrogens is 306 g/mol. The molecule has 0 aliphatic rings. The second kappa shape index (κ2) is 5.81. The number of rotatable bonds is 4. The SMILES string of the molecule is Cc1ccccc1CNc1nn2cc(-c3cccnc3)nc2s1. The van der Waals surface area contributed by atoms with Crippen LogP contribution in [0.15, 0.2) is 55.0 Å². The third-order valence-electron chi connectivity index (χ3n) is 3.69. The van der Waals surface area contributed by atoms with Gasteiger partial charge in [0.25, 0.3) is 0 Å². The van der Waals surface area contributed by atoms with Gasteiger partial charge in [0.1, 0.15) is 0 Å². The number of nitrogens with zero attached hydrogens (tertiary/aromatic N) is 4. The van der Waals surface area contributed by atoms with Crippen LogP contribution in [0.1, 0.15) is 11.1 Å². The van der Waals surface area contributed by atoms with Gasteiger partial charge in [0.15, 0.2) is 0 Å². The minimum atomic E-state index is 0.763. The maximum absolute atomic E-state index is 4.62. The summed E-state index contributed by atoms with van der Waals surface area (Å²) < 4.78 is 1.81. The van der Waals surface area contributed by atoms with E-state index < -0.39 is 0 Å². The van der Waals surface area contributed by atoms with Crippen LogP contribution in [0.3, 0.4) is 0 Å². The average Bonchev–Trinajstić information content (AvgIpc) is 3.13. The molecule has 0 unspecified atom stereocenters. The van der Waals surface area contributed by atoms with Crippen LogP contribution in [0.4, 0.5) is 5.13 Å². The van der Waals surface area contributed by atoms with E-state index in [1.54, 1.807) is 17.5 Å². The third-order valence-corrected chi connectivity index (χ3v) is 4.57. The molecule has 3 heterocycles. The monoisotopic (exact) mass is 321 g/mol. The third kappa shape index (κ3) is 2.80. The first-order valence-corrected chi connectivity index (χ1v) is 8.16. The molecule has 23 heavy (non-hydrogen) atoms. The maximum Gasteiger partial charge on any atom is 0.214 e. The Morgan fingerprint density at radius 3 is 2.87 bits per heavy atom. The standard InChI is InChI=1S/C17H15N5S/c1-12-5-2-3-6-13(12)10-19-16-21-22-11-15(20-17(22)23-16)14-7-4-8-18-9-14/h2-9,11H,10H2,1H3,(H,19,21). The van der Waals surface area contributed by atoms with Gasteiger partial charge >= 0.3 is 0 Å². The maximum atomic E-state index is 4.62. The van der Waals surface area contributed by atoms with Crippen LogP contribution in [-0.2, 0) is 6.54 Å². The lowest BCUT2D eigenvalue weighted by molar-refractivity contribution is 0.960. The van der Waals surface area contributed by atoms with Gasteiger partial charge in [-0.15, -0.1) is 5.10 Å². The van der Waals surface area contributed by atoms with Gasteiger partial charge in [-0.1, -0.05) is 35.6 Å². The molecule has 4 aromatic rings. The van der Waals surface area contributed by atoms with E-state index in [4.69, 9.17) is 0 Å². The Balaban J connectivity index is 1.54. The molecule has 0 bridgehead atoms. The second-order valence-electron chi connectivity index (χ2n) is 5.28. The van der Waals surface area contributed by atoms with Gasteiger partial charge in [-0.25, -0.2) is 9.50 Å². The summed E-state index contributed by atoms with van der Waals surface area (Å²) >= 11 is 1.55. The van der Waals surface area contributed by atoms with Gasteiger partial charge in [0.05, 0.1) is 11.9 Å². The van der Waals surface area contributed by atoms with E-state index in [2.05, 4.69) is 51.6 Å². The first-order valence-electron chi connectivity index (χ1n) is 7.34. The summed E-state index contributed by atoms with van der Waals surface area (Å²) in [4.78, 5) is 9.61. The minimum absolute atomic E-state index is 0.763. The van der Waals surface area contributed by atoms with Crippen molar-refractivity contribution in [2.75, 3.05) is 5.32 Å². The Labute approximate surface area is 137 Å². The van der Waals surface area contributed by atoms with Gasteiger partial charge in [0, 0.05) is 24.5 Å². The molecule has 0 amide bonds. The summed E-state index contributed by atoms with van der Waals surface area (Å²) in [7, 11) is 0. The predicted octanol–water partition coefficient (Wildman–Crippen LogP) is 3.77. The molecular formula is C17H15N5S. The lowest BCUT2D eigenvalue weighted by atomic mass is 10.1. The second-order valence-corrected chi connectivity index (χ2v) is 6.24. The molecule has 4 rings (SSSR count). The molecule has 3 aromatic heterocycles. The van der Waals surface area contributed by atoms with Gasteiger partial charge in [-0.05, 0) is 30.2 Å². The lowest BCUT2D eigenvalue weighted by Crippen LogP contribution is -2.01. The molecule has 1 N–H and O–H groups in total. The van der Waals surface area contributed by atoms with E-state index in [0.717, 1.165) is 27.9 Å². The Bertz CT molecular complexity index is 910. The zero-order valence-electron chi connectivity index (χ0n) is 12.6. The van der Waals surface area contributed by atoms with E-state index in [1.165, 1.54) is 11.1 Å². The molecule has 0 radical (unpaired) electrons. The van der Waals surface area contributed by atoms with Gasteiger partial charge in [-0.2, -0.15) is 0 Å². The van der Waals surface area contributed by atoms with Crippen molar-refractivity contribution < 1.29 is 0 Å². The van der Waals surface area contributed by atoms with E-state index in [0.29, 0.717) is 0 Å². The molecule has 0 saturated heterocycles. The number of hydrogen-bond donors (Lipinski definition) is 1. The molecule has 6 heteroatoms. The molecule has 0 aliphatic carbocycles. The largest absolute Gasteiger partial charge is 0.356 e. The summed E-state index contributed by atoms with van der Waals surface area (Å²) in [5, 5.41) is 8.78. The number of nitrogens with one attached hydrogen (secondary N) is 1. The van der Waals surface area contributed by atoms with Crippen LogP contribution in [0.2, 0.25) is 0 Å². The first kappa shape index (κ1) is 13.9. The Kier molecular flexibility index (Phi) is 3.51.